The second-order valence-corrected chi connectivity index (χ2v) is 6.24. The molecule has 0 unspecified atom stereocenters. The van der Waals surface area contributed by atoms with Crippen LogP contribution in [0.3, 0.4) is 0 Å². The van der Waals surface area contributed by atoms with Gasteiger partial charge in [0.2, 0.25) is 0 Å². The fraction of sp³-hybridized carbons (Fsp3) is 0.529. The highest BCUT2D eigenvalue weighted by Gasteiger charge is 2.44. The molecule has 2 heterocycles. The van der Waals surface area contributed by atoms with Crippen molar-refractivity contribution in [2.24, 2.45) is 7.05 Å². The molecule has 2 bridgehead atoms. The molecule has 6 heteroatoms. The smallest absolute Gasteiger partial charge is 0.275 e. The Labute approximate surface area is 135 Å². The second-order valence-electron chi connectivity index (χ2n) is 6.24. The number of ether oxygens (including phenoxy) is 2. The number of fused-ring (bicyclic) bond motifs is 3. The van der Waals surface area contributed by atoms with E-state index in [0.717, 1.165) is 23.7 Å². The van der Waals surface area contributed by atoms with Crippen LogP contribution in [-0.4, -0.2) is 59.1 Å². The lowest BCUT2D eigenvalue weighted by Gasteiger charge is -2.30. The summed E-state index contributed by atoms with van der Waals surface area (Å²) in [6.45, 7) is 1.14. The molecule has 2 fully saturated rings. The van der Waals surface area contributed by atoms with E-state index in [1.165, 1.54) is 0 Å². The third kappa shape index (κ3) is 2.24. The molecule has 1 aromatic carbocycles. The quantitative estimate of drug-likeness (QED) is 0.844. The summed E-state index contributed by atoms with van der Waals surface area (Å²) >= 11 is 0. The first-order valence-electron chi connectivity index (χ1n) is 8.08. The fourth-order valence-corrected chi connectivity index (χ4v) is 3.96. The Kier molecular flexibility index (Phi) is 3.58. The lowest BCUT2D eigenvalue weighted by atomic mass is 10.1. The van der Waals surface area contributed by atoms with Gasteiger partial charge in [-0.1, -0.05) is 18.2 Å². The summed E-state index contributed by atoms with van der Waals surface area (Å²) in [7, 11) is 3.57. The first kappa shape index (κ1) is 14.7. The minimum absolute atomic E-state index is 0.0278. The molecule has 2 aliphatic rings. The van der Waals surface area contributed by atoms with Gasteiger partial charge in [-0.15, -0.1) is 0 Å². The molecule has 122 valence electrons. The summed E-state index contributed by atoms with van der Waals surface area (Å²) in [6.07, 6.45) is 1.91. The third-order valence-corrected chi connectivity index (χ3v) is 5.05. The molecule has 23 heavy (non-hydrogen) atoms. The van der Waals surface area contributed by atoms with Crippen molar-refractivity contribution in [2.45, 2.75) is 31.1 Å². The molecule has 1 aliphatic heterocycles. The number of carbonyl (C=O) groups is 1. The van der Waals surface area contributed by atoms with Crippen LogP contribution in [0.15, 0.2) is 24.3 Å². The number of benzene rings is 1. The largest absolute Gasteiger partial charge is 0.377 e. The molecular weight excluding hydrogens is 294 g/mol. The van der Waals surface area contributed by atoms with Gasteiger partial charge in [-0.25, -0.2) is 0 Å². The van der Waals surface area contributed by atoms with Gasteiger partial charge in [-0.3, -0.25) is 9.48 Å². The first-order valence-corrected chi connectivity index (χ1v) is 8.08. The van der Waals surface area contributed by atoms with Gasteiger partial charge in [0.1, 0.15) is 6.10 Å². The average Bonchev–Trinajstić information content (AvgIpc) is 3.05. The van der Waals surface area contributed by atoms with Gasteiger partial charge >= 0.3 is 0 Å². The molecule has 1 aromatic heterocycles. The first-order chi connectivity index (χ1) is 11.2. The Hall–Kier alpha value is -1.92. The normalized spacial score (nSPS) is 27.4. The molecule has 4 rings (SSSR count). The third-order valence-electron chi connectivity index (χ3n) is 5.05. The minimum Gasteiger partial charge on any atom is -0.377 e. The zero-order valence-corrected chi connectivity index (χ0v) is 13.4. The number of para-hydroxylation sites is 1. The molecule has 0 spiro atoms. The number of methoxy groups -OCH3 is 1. The van der Waals surface area contributed by atoms with Crippen LogP contribution in [0, 0.1) is 0 Å². The van der Waals surface area contributed by atoms with E-state index in [1.807, 2.05) is 36.2 Å². The van der Waals surface area contributed by atoms with Gasteiger partial charge in [-0.2, -0.15) is 5.10 Å². The fourth-order valence-electron chi connectivity index (χ4n) is 3.96. The predicted octanol–water partition coefficient (Wildman–Crippen LogP) is 1.59. The number of rotatable bonds is 2. The van der Waals surface area contributed by atoms with E-state index in [9.17, 15) is 4.79 Å². The summed E-state index contributed by atoms with van der Waals surface area (Å²) in [5.41, 5.74) is 1.48. The minimum atomic E-state index is -0.0450. The maximum Gasteiger partial charge on any atom is 0.275 e. The van der Waals surface area contributed by atoms with Crippen LogP contribution in [0.25, 0.3) is 10.9 Å². The van der Waals surface area contributed by atoms with Crippen molar-refractivity contribution in [3.8, 4) is 0 Å². The Morgan fingerprint density at radius 2 is 2.17 bits per heavy atom. The molecule has 3 atom stereocenters. The SMILES string of the molecule is CO[C@@H]1[C@H]2CC[C@H]1OCCN2C(=O)c1nn(C)c2ccccc12. The summed E-state index contributed by atoms with van der Waals surface area (Å²) < 4.78 is 13.3. The van der Waals surface area contributed by atoms with Crippen molar-refractivity contribution in [1.82, 2.24) is 14.7 Å². The van der Waals surface area contributed by atoms with Gasteiger partial charge in [-0.05, 0) is 18.9 Å². The highest BCUT2D eigenvalue weighted by Crippen LogP contribution is 2.33. The molecule has 0 radical (unpaired) electrons. The standard InChI is InChI=1S/C17H21N3O3/c1-19-12-6-4-3-5-11(12)15(18-19)17(21)20-9-10-23-14-8-7-13(20)16(14)22-2/h3-6,13-14,16H,7-10H2,1-2H3/t13-,14-,16-/m1/s1. The van der Waals surface area contributed by atoms with Crippen molar-refractivity contribution in [1.29, 1.82) is 0 Å². The van der Waals surface area contributed by atoms with Gasteiger partial charge in [0.15, 0.2) is 5.69 Å². The number of nitrogens with zero attached hydrogens (tertiary/aromatic N) is 3. The molecule has 6 nitrogen and oxygen atoms in total. The van der Waals surface area contributed by atoms with Crippen molar-refractivity contribution in [3.05, 3.63) is 30.0 Å². The van der Waals surface area contributed by atoms with E-state index in [2.05, 4.69) is 5.10 Å². The van der Waals surface area contributed by atoms with Crippen molar-refractivity contribution in [3.63, 3.8) is 0 Å². The Morgan fingerprint density at radius 1 is 1.35 bits per heavy atom. The van der Waals surface area contributed by atoms with Crippen molar-refractivity contribution >= 4 is 16.8 Å². The number of carbonyl (C=O) groups excluding carboxylic acids is 1. The topological polar surface area (TPSA) is 56.6 Å². The van der Waals surface area contributed by atoms with Crippen LogP contribution < -0.4 is 0 Å². The summed E-state index contributed by atoms with van der Waals surface area (Å²) in [4.78, 5) is 15.1. The number of hydrogen-bond donors (Lipinski definition) is 0. The number of aromatic nitrogens is 2. The number of hydrogen-bond acceptors (Lipinski definition) is 4. The average molecular weight is 315 g/mol. The molecule has 2 aromatic rings. The monoisotopic (exact) mass is 315 g/mol. The van der Waals surface area contributed by atoms with E-state index in [4.69, 9.17) is 9.47 Å². The van der Waals surface area contributed by atoms with E-state index in [1.54, 1.807) is 11.8 Å². The van der Waals surface area contributed by atoms with E-state index >= 15 is 0 Å². The molecule has 1 aliphatic carbocycles. The van der Waals surface area contributed by atoms with Gasteiger partial charge < -0.3 is 14.4 Å². The number of amides is 1. The van der Waals surface area contributed by atoms with Crippen LogP contribution in [0.1, 0.15) is 23.3 Å². The van der Waals surface area contributed by atoms with Gasteiger partial charge in [0.05, 0.1) is 24.3 Å². The van der Waals surface area contributed by atoms with Gasteiger partial charge in [0.25, 0.3) is 5.91 Å². The highest BCUT2D eigenvalue weighted by atomic mass is 16.5. The molecule has 1 saturated carbocycles. The summed E-state index contributed by atoms with van der Waals surface area (Å²) in [5, 5.41) is 5.37. The Bertz CT molecular complexity index is 742. The van der Waals surface area contributed by atoms with E-state index in [0.29, 0.717) is 18.8 Å². The van der Waals surface area contributed by atoms with Crippen LogP contribution >= 0.6 is 0 Å². The molecule has 1 saturated heterocycles. The maximum atomic E-state index is 13.2. The van der Waals surface area contributed by atoms with Crippen LogP contribution in [0.5, 0.6) is 0 Å². The lowest BCUT2D eigenvalue weighted by molar-refractivity contribution is -0.0316. The summed E-state index contributed by atoms with van der Waals surface area (Å²) in [5.74, 6) is -0.0278. The molecule has 0 N–H and O–H groups in total. The van der Waals surface area contributed by atoms with Crippen molar-refractivity contribution in [2.75, 3.05) is 20.3 Å². The van der Waals surface area contributed by atoms with Crippen LogP contribution in [0.2, 0.25) is 0 Å². The molecule has 1 amide bonds. The second kappa shape index (κ2) is 5.62. The van der Waals surface area contributed by atoms with Gasteiger partial charge in [0, 0.05) is 26.1 Å². The maximum absolute atomic E-state index is 13.2. The lowest BCUT2D eigenvalue weighted by Crippen LogP contribution is -2.46. The zero-order valence-electron chi connectivity index (χ0n) is 13.4. The van der Waals surface area contributed by atoms with E-state index in [-0.39, 0.29) is 24.2 Å². The van der Waals surface area contributed by atoms with Crippen LogP contribution in [0.4, 0.5) is 0 Å². The zero-order chi connectivity index (χ0) is 16.0. The highest BCUT2D eigenvalue weighted by molar-refractivity contribution is 6.05. The Morgan fingerprint density at radius 3 is 3.00 bits per heavy atom. The van der Waals surface area contributed by atoms with Crippen LogP contribution in [-0.2, 0) is 16.5 Å². The Balaban J connectivity index is 1.72. The predicted molar refractivity (Wildman–Crippen MR) is 85.3 cm³/mol. The summed E-state index contributed by atoms with van der Waals surface area (Å²) in [6, 6.07) is 7.90. The van der Waals surface area contributed by atoms with E-state index < -0.39 is 0 Å². The van der Waals surface area contributed by atoms with Crippen molar-refractivity contribution < 1.29 is 14.3 Å². The molecular formula is C17H21N3O3. The number of aryl methyl sites for hydroxylation is 1.